The number of rotatable bonds is 1. The topological polar surface area (TPSA) is 46.5 Å². The maximum absolute atomic E-state index is 10.5. The largest absolute Gasteiger partial charge is 0.460 e. The van der Waals surface area contributed by atoms with E-state index in [-0.39, 0.29) is 6.10 Å². The van der Waals surface area contributed by atoms with Crippen molar-refractivity contribution in [2.75, 3.05) is 0 Å². The van der Waals surface area contributed by atoms with E-state index in [1.165, 1.54) is 0 Å². The predicted molar refractivity (Wildman–Crippen MR) is 30.8 cm³/mol. The molecule has 3 heteroatoms. The first-order chi connectivity index (χ1) is 4.24. The van der Waals surface area contributed by atoms with Crippen molar-refractivity contribution in [2.45, 2.75) is 32.0 Å². The molecule has 0 aromatic heterocycles. The third kappa shape index (κ3) is 1.21. The van der Waals surface area contributed by atoms with Gasteiger partial charge in [0.1, 0.15) is 6.10 Å². The van der Waals surface area contributed by atoms with E-state index >= 15 is 0 Å². The molecular formula is C6H10O3. The van der Waals surface area contributed by atoms with E-state index < -0.39 is 12.1 Å². The Morgan fingerprint density at radius 3 is 2.78 bits per heavy atom. The van der Waals surface area contributed by atoms with Crippen LogP contribution in [-0.2, 0) is 9.53 Å². The van der Waals surface area contributed by atoms with Crippen LogP contribution in [-0.4, -0.2) is 23.3 Å². The number of hydrogen-bond acceptors (Lipinski definition) is 3. The predicted octanol–water partition coefficient (Wildman–Crippen LogP) is 0.0728. The maximum atomic E-state index is 10.5. The van der Waals surface area contributed by atoms with Gasteiger partial charge in [-0.3, -0.25) is 0 Å². The van der Waals surface area contributed by atoms with Crippen LogP contribution in [0.3, 0.4) is 0 Å². The Kier molecular flexibility index (Phi) is 1.71. The molecule has 1 aliphatic rings. The lowest BCUT2D eigenvalue weighted by atomic mass is 10.2. The number of aliphatic hydroxyl groups is 1. The van der Waals surface area contributed by atoms with Gasteiger partial charge in [-0.05, 0) is 6.42 Å². The van der Waals surface area contributed by atoms with Gasteiger partial charge in [-0.15, -0.1) is 0 Å². The van der Waals surface area contributed by atoms with Crippen LogP contribution in [0.4, 0.5) is 0 Å². The van der Waals surface area contributed by atoms with Crippen molar-refractivity contribution in [3.63, 3.8) is 0 Å². The first kappa shape index (κ1) is 6.55. The highest BCUT2D eigenvalue weighted by atomic mass is 16.6. The molecule has 1 saturated heterocycles. The zero-order chi connectivity index (χ0) is 6.85. The molecule has 0 saturated carbocycles. The summed E-state index contributed by atoms with van der Waals surface area (Å²) in [4.78, 5) is 10.5. The molecule has 1 N–H and O–H groups in total. The number of ether oxygens (including phenoxy) is 1. The van der Waals surface area contributed by atoms with E-state index in [9.17, 15) is 4.79 Å². The molecule has 3 nitrogen and oxygen atoms in total. The van der Waals surface area contributed by atoms with Crippen molar-refractivity contribution < 1.29 is 14.6 Å². The molecule has 0 aromatic rings. The highest BCUT2D eigenvalue weighted by Gasteiger charge is 2.31. The average molecular weight is 130 g/mol. The molecule has 0 radical (unpaired) electrons. The summed E-state index contributed by atoms with van der Waals surface area (Å²) in [5, 5.41) is 8.82. The van der Waals surface area contributed by atoms with Gasteiger partial charge in [0.2, 0.25) is 0 Å². The van der Waals surface area contributed by atoms with Crippen LogP contribution in [0, 0.1) is 0 Å². The number of esters is 1. The third-order valence-electron chi connectivity index (χ3n) is 1.50. The summed E-state index contributed by atoms with van der Waals surface area (Å²) < 4.78 is 4.73. The molecule has 1 rings (SSSR count). The zero-order valence-electron chi connectivity index (χ0n) is 5.33. The van der Waals surface area contributed by atoms with Crippen LogP contribution < -0.4 is 0 Å². The molecule has 0 amide bonds. The van der Waals surface area contributed by atoms with Crippen molar-refractivity contribution in [3.8, 4) is 0 Å². The fraction of sp³-hybridized carbons (Fsp3) is 0.833. The Morgan fingerprint density at radius 1 is 1.89 bits per heavy atom. The quantitative estimate of drug-likeness (QED) is 0.511. The van der Waals surface area contributed by atoms with Gasteiger partial charge >= 0.3 is 5.97 Å². The van der Waals surface area contributed by atoms with E-state index in [1.807, 2.05) is 6.92 Å². The zero-order valence-corrected chi connectivity index (χ0v) is 5.33. The lowest BCUT2D eigenvalue weighted by Gasteiger charge is -2.01. The third-order valence-corrected chi connectivity index (χ3v) is 1.50. The molecule has 9 heavy (non-hydrogen) atoms. The summed E-state index contributed by atoms with van der Waals surface area (Å²) in [6.07, 6.45) is 0.348. The first-order valence-corrected chi connectivity index (χ1v) is 3.12. The summed E-state index contributed by atoms with van der Waals surface area (Å²) in [5.41, 5.74) is 0. The van der Waals surface area contributed by atoms with Gasteiger partial charge in [0.25, 0.3) is 0 Å². The molecule has 1 aliphatic heterocycles. The second-order valence-corrected chi connectivity index (χ2v) is 2.22. The SMILES string of the molecule is CC[C@@H]1C[C@@H](O)C(=O)O1. The highest BCUT2D eigenvalue weighted by molar-refractivity contribution is 5.76. The molecular weight excluding hydrogens is 120 g/mol. The Balaban J connectivity index is 2.44. The summed E-state index contributed by atoms with van der Waals surface area (Å²) in [6, 6.07) is 0. The van der Waals surface area contributed by atoms with Crippen molar-refractivity contribution in [1.29, 1.82) is 0 Å². The van der Waals surface area contributed by atoms with Crippen LogP contribution >= 0.6 is 0 Å². The number of cyclic esters (lactones) is 1. The monoisotopic (exact) mass is 130 g/mol. The minimum atomic E-state index is -0.866. The van der Waals surface area contributed by atoms with E-state index in [0.717, 1.165) is 6.42 Å². The van der Waals surface area contributed by atoms with Gasteiger partial charge < -0.3 is 9.84 Å². The summed E-state index contributed by atoms with van der Waals surface area (Å²) in [5.74, 6) is -0.471. The standard InChI is InChI=1S/C6H10O3/c1-2-4-3-5(7)6(8)9-4/h4-5,7H,2-3H2,1H3/t4-,5-/m1/s1. The molecule has 0 unspecified atom stereocenters. The van der Waals surface area contributed by atoms with Gasteiger partial charge in [-0.25, -0.2) is 4.79 Å². The number of carbonyl (C=O) groups is 1. The van der Waals surface area contributed by atoms with Crippen molar-refractivity contribution in [3.05, 3.63) is 0 Å². The second-order valence-electron chi connectivity index (χ2n) is 2.22. The van der Waals surface area contributed by atoms with E-state index in [1.54, 1.807) is 0 Å². The van der Waals surface area contributed by atoms with Crippen molar-refractivity contribution >= 4 is 5.97 Å². The Labute approximate surface area is 53.6 Å². The summed E-state index contributed by atoms with van der Waals surface area (Å²) in [6.45, 7) is 1.93. The van der Waals surface area contributed by atoms with Crippen LogP contribution in [0.1, 0.15) is 19.8 Å². The molecule has 1 fully saturated rings. The average Bonchev–Trinajstić information content (AvgIpc) is 2.13. The minimum Gasteiger partial charge on any atom is -0.460 e. The number of hydrogen-bond donors (Lipinski definition) is 1. The highest BCUT2D eigenvalue weighted by Crippen LogP contribution is 2.16. The van der Waals surface area contributed by atoms with Gasteiger partial charge in [-0.1, -0.05) is 6.92 Å². The van der Waals surface area contributed by atoms with Crippen LogP contribution in [0.25, 0.3) is 0 Å². The van der Waals surface area contributed by atoms with Crippen LogP contribution in [0.5, 0.6) is 0 Å². The smallest absolute Gasteiger partial charge is 0.335 e. The van der Waals surface area contributed by atoms with Gasteiger partial charge in [-0.2, -0.15) is 0 Å². The molecule has 0 spiro atoms. The fourth-order valence-corrected chi connectivity index (χ4v) is 0.886. The maximum Gasteiger partial charge on any atom is 0.335 e. The van der Waals surface area contributed by atoms with E-state index in [2.05, 4.69) is 0 Å². The molecule has 0 aromatic carbocycles. The van der Waals surface area contributed by atoms with Crippen molar-refractivity contribution in [2.24, 2.45) is 0 Å². The van der Waals surface area contributed by atoms with Crippen molar-refractivity contribution in [1.82, 2.24) is 0 Å². The molecule has 1 heterocycles. The molecule has 2 atom stereocenters. The summed E-state index contributed by atoms with van der Waals surface area (Å²) >= 11 is 0. The first-order valence-electron chi connectivity index (χ1n) is 3.12. The minimum absolute atomic E-state index is 0.0486. The van der Waals surface area contributed by atoms with E-state index in [4.69, 9.17) is 9.84 Å². The number of aliphatic hydroxyl groups excluding tert-OH is 1. The lowest BCUT2D eigenvalue weighted by molar-refractivity contribution is -0.147. The Hall–Kier alpha value is -0.570. The molecule has 0 bridgehead atoms. The lowest BCUT2D eigenvalue weighted by Crippen LogP contribution is -2.11. The normalized spacial score (nSPS) is 34.7. The van der Waals surface area contributed by atoms with Gasteiger partial charge in [0.05, 0.1) is 0 Å². The Morgan fingerprint density at radius 2 is 2.56 bits per heavy atom. The van der Waals surface area contributed by atoms with Gasteiger partial charge in [0, 0.05) is 6.42 Å². The van der Waals surface area contributed by atoms with Crippen LogP contribution in [0.2, 0.25) is 0 Å². The second kappa shape index (κ2) is 2.35. The molecule has 52 valence electrons. The summed E-state index contributed by atoms with van der Waals surface area (Å²) in [7, 11) is 0. The number of carbonyl (C=O) groups excluding carboxylic acids is 1. The van der Waals surface area contributed by atoms with Gasteiger partial charge in [0.15, 0.2) is 6.10 Å². The molecule has 0 aliphatic carbocycles. The Bertz CT molecular complexity index is 121. The fourth-order valence-electron chi connectivity index (χ4n) is 0.886. The van der Waals surface area contributed by atoms with E-state index in [0.29, 0.717) is 6.42 Å². The van der Waals surface area contributed by atoms with Crippen LogP contribution in [0.15, 0.2) is 0 Å².